The average molecular weight is 256 g/mol. The van der Waals surface area contributed by atoms with Crippen LogP contribution in [0.4, 0.5) is 5.95 Å². The summed E-state index contributed by atoms with van der Waals surface area (Å²) in [6.07, 6.45) is 3.29. The van der Waals surface area contributed by atoms with E-state index >= 15 is 0 Å². The number of carbonyl (C=O) groups is 1. The average Bonchev–Trinajstić information content (AvgIpc) is 2.85. The van der Waals surface area contributed by atoms with Gasteiger partial charge in [-0.1, -0.05) is 12.6 Å². The van der Waals surface area contributed by atoms with Crippen LogP contribution in [0, 0.1) is 5.92 Å². The number of rotatable bonds is 2. The van der Waals surface area contributed by atoms with E-state index in [9.17, 15) is 4.79 Å². The molecule has 0 aliphatic carbocycles. The lowest BCUT2D eigenvalue weighted by Gasteiger charge is -2.30. The zero-order valence-electron chi connectivity index (χ0n) is 10.5. The van der Waals surface area contributed by atoms with Crippen LogP contribution in [-0.2, 0) is 4.79 Å². The van der Waals surface area contributed by atoms with Crippen molar-refractivity contribution in [2.24, 2.45) is 5.92 Å². The highest BCUT2D eigenvalue weighted by atomic mass is 16.1. The lowest BCUT2D eigenvalue weighted by molar-refractivity contribution is -0.394. The van der Waals surface area contributed by atoms with E-state index < -0.39 is 0 Å². The molecule has 2 aromatic rings. The Labute approximate surface area is 110 Å². The van der Waals surface area contributed by atoms with Gasteiger partial charge in [-0.05, 0) is 6.92 Å². The van der Waals surface area contributed by atoms with Gasteiger partial charge in [-0.15, -0.1) is 0 Å². The number of nitrogens with one attached hydrogen (secondary N) is 2. The molecule has 0 fully saturated rings. The Morgan fingerprint density at radius 3 is 3.05 bits per heavy atom. The van der Waals surface area contributed by atoms with Gasteiger partial charge in [0.1, 0.15) is 12.1 Å². The molecule has 2 atom stereocenters. The Kier molecular flexibility index (Phi) is 2.63. The minimum atomic E-state index is -0.368. The van der Waals surface area contributed by atoms with Crippen molar-refractivity contribution >= 4 is 11.7 Å². The number of H-pyrrole nitrogens is 1. The summed E-state index contributed by atoms with van der Waals surface area (Å²) in [7, 11) is 0. The van der Waals surface area contributed by atoms with Crippen molar-refractivity contribution in [3.8, 4) is 0 Å². The van der Waals surface area contributed by atoms with Crippen molar-refractivity contribution in [2.75, 3.05) is 5.32 Å². The first-order valence-electron chi connectivity index (χ1n) is 6.01. The van der Waals surface area contributed by atoms with Crippen LogP contribution in [0.15, 0.2) is 43.0 Å². The minimum absolute atomic E-state index is 0.0425. The molecule has 0 saturated heterocycles. The van der Waals surface area contributed by atoms with Crippen LogP contribution in [0.2, 0.25) is 0 Å². The van der Waals surface area contributed by atoms with Crippen molar-refractivity contribution in [3.63, 3.8) is 0 Å². The number of ketones is 1. The topological polar surface area (TPSA) is 74.0 Å². The van der Waals surface area contributed by atoms with Gasteiger partial charge >= 0.3 is 0 Å². The van der Waals surface area contributed by atoms with Gasteiger partial charge < -0.3 is 5.32 Å². The number of aromatic nitrogens is 4. The third-order valence-electron chi connectivity index (χ3n) is 3.29. The predicted octanol–water partition coefficient (Wildman–Crippen LogP) is 0.826. The molecule has 3 heterocycles. The van der Waals surface area contributed by atoms with Gasteiger partial charge in [0.25, 0.3) is 0 Å². The standard InChI is InChI=1S/C13H13N5O/c1-8-11(9(2)19)12(10-5-3-4-6-14-10)18-13(17-8)15-7-16-18/h3-7,11-12H,1H2,2H3,(H,15,16,17)/p+1. The Balaban J connectivity index is 2.17. The van der Waals surface area contributed by atoms with Crippen molar-refractivity contribution in [1.82, 2.24) is 14.8 Å². The third kappa shape index (κ3) is 1.81. The quantitative estimate of drug-likeness (QED) is 0.863. The fourth-order valence-electron chi connectivity index (χ4n) is 2.47. The molecule has 6 nitrogen and oxygen atoms in total. The zero-order valence-corrected chi connectivity index (χ0v) is 10.5. The fraction of sp³-hybridized carbons (Fsp3) is 0.231. The third-order valence-corrected chi connectivity index (χ3v) is 3.29. The Hall–Kier alpha value is -2.50. The molecule has 0 saturated carbocycles. The van der Waals surface area contributed by atoms with E-state index in [2.05, 4.69) is 27.0 Å². The summed E-state index contributed by atoms with van der Waals surface area (Å²) in [5.74, 6) is 0.276. The van der Waals surface area contributed by atoms with E-state index in [0.29, 0.717) is 11.6 Å². The Bertz CT molecular complexity index is 633. The number of allylic oxidation sites excluding steroid dienone is 1. The van der Waals surface area contributed by atoms with Gasteiger partial charge in [-0.2, -0.15) is 10.1 Å². The van der Waals surface area contributed by atoms with E-state index in [0.717, 1.165) is 5.69 Å². The molecule has 0 amide bonds. The van der Waals surface area contributed by atoms with Gasteiger partial charge in [-0.25, -0.2) is 9.67 Å². The van der Waals surface area contributed by atoms with Gasteiger partial charge in [0.15, 0.2) is 12.2 Å². The van der Waals surface area contributed by atoms with Crippen LogP contribution < -0.4 is 10.3 Å². The number of Topliss-reactive ketones (excluding diaryl/α,β-unsaturated/α-hetero) is 1. The van der Waals surface area contributed by atoms with Crippen molar-refractivity contribution in [3.05, 3.63) is 48.7 Å². The highest BCUT2D eigenvalue weighted by molar-refractivity contribution is 5.83. The second kappa shape index (κ2) is 4.31. The van der Waals surface area contributed by atoms with Gasteiger partial charge in [0.05, 0.1) is 5.92 Å². The van der Waals surface area contributed by atoms with E-state index in [-0.39, 0.29) is 17.7 Å². The largest absolute Gasteiger partial charge is 0.328 e. The van der Waals surface area contributed by atoms with Crippen LogP contribution in [0.1, 0.15) is 18.7 Å². The summed E-state index contributed by atoms with van der Waals surface area (Å²) >= 11 is 0. The van der Waals surface area contributed by atoms with Crippen LogP contribution in [0.5, 0.6) is 0 Å². The summed E-state index contributed by atoms with van der Waals surface area (Å²) in [6, 6.07) is 5.50. The molecular weight excluding hydrogens is 242 g/mol. The maximum Gasteiger partial charge on any atom is 0.226 e. The Morgan fingerprint density at radius 2 is 2.37 bits per heavy atom. The molecule has 2 aromatic heterocycles. The number of hydrogen-bond acceptors (Lipinski definition) is 4. The molecule has 3 rings (SSSR count). The van der Waals surface area contributed by atoms with Crippen LogP contribution in [-0.4, -0.2) is 20.5 Å². The number of aromatic amines is 1. The van der Waals surface area contributed by atoms with Gasteiger partial charge in [-0.3, -0.25) is 4.79 Å². The number of hydrogen-bond donors (Lipinski definition) is 1. The molecule has 0 radical (unpaired) electrons. The molecule has 0 aromatic carbocycles. The first-order chi connectivity index (χ1) is 9.18. The predicted molar refractivity (Wildman–Crippen MR) is 68.1 cm³/mol. The summed E-state index contributed by atoms with van der Waals surface area (Å²) in [5.41, 5.74) is 1.55. The summed E-state index contributed by atoms with van der Waals surface area (Å²) < 4.78 is 1.71. The van der Waals surface area contributed by atoms with Crippen LogP contribution in [0.3, 0.4) is 0 Å². The number of fused-ring (bicyclic) bond motifs is 1. The molecule has 2 unspecified atom stereocenters. The monoisotopic (exact) mass is 256 g/mol. The smallest absolute Gasteiger partial charge is 0.226 e. The first kappa shape index (κ1) is 11.6. The molecule has 96 valence electrons. The molecule has 0 spiro atoms. The van der Waals surface area contributed by atoms with E-state index in [1.807, 2.05) is 24.4 Å². The lowest BCUT2D eigenvalue weighted by Crippen LogP contribution is -2.38. The molecule has 6 heteroatoms. The summed E-state index contributed by atoms with van der Waals surface area (Å²) in [4.78, 5) is 19.2. The normalized spacial score (nSPS) is 21.6. The Morgan fingerprint density at radius 1 is 1.53 bits per heavy atom. The first-order valence-corrected chi connectivity index (χ1v) is 6.01. The maximum atomic E-state index is 11.9. The van der Waals surface area contributed by atoms with Gasteiger partial charge in [0, 0.05) is 17.8 Å². The highest BCUT2D eigenvalue weighted by Gasteiger charge is 2.40. The van der Waals surface area contributed by atoms with Gasteiger partial charge in [0.2, 0.25) is 11.6 Å². The number of carbonyl (C=O) groups excluding carboxylic acids is 1. The zero-order chi connectivity index (χ0) is 13.4. The highest BCUT2D eigenvalue weighted by Crippen LogP contribution is 2.35. The maximum absolute atomic E-state index is 11.9. The molecule has 1 aliphatic rings. The van der Waals surface area contributed by atoms with E-state index in [1.165, 1.54) is 6.33 Å². The van der Waals surface area contributed by atoms with Crippen molar-refractivity contribution in [1.29, 1.82) is 0 Å². The second-order valence-electron chi connectivity index (χ2n) is 4.53. The van der Waals surface area contributed by atoms with Crippen molar-refractivity contribution < 1.29 is 9.78 Å². The second-order valence-corrected chi connectivity index (χ2v) is 4.53. The summed E-state index contributed by atoms with van der Waals surface area (Å²) in [6.45, 7) is 5.51. The SMILES string of the molecule is C=C1Nc2ncnn2C(c2cccc[nH+]2)C1C(C)=O. The molecular formula is C13H14N5O+. The fourth-order valence-corrected chi connectivity index (χ4v) is 2.47. The van der Waals surface area contributed by atoms with E-state index in [4.69, 9.17) is 0 Å². The van der Waals surface area contributed by atoms with Crippen molar-refractivity contribution in [2.45, 2.75) is 13.0 Å². The molecule has 1 aliphatic heterocycles. The molecule has 19 heavy (non-hydrogen) atoms. The van der Waals surface area contributed by atoms with E-state index in [1.54, 1.807) is 11.6 Å². The molecule has 0 bridgehead atoms. The summed E-state index contributed by atoms with van der Waals surface area (Å²) in [5, 5.41) is 7.24. The molecule has 2 N–H and O–H groups in total. The number of anilines is 1. The number of pyridine rings is 1. The lowest BCUT2D eigenvalue weighted by atomic mass is 9.89. The minimum Gasteiger partial charge on any atom is -0.328 e. The van der Waals surface area contributed by atoms with Crippen LogP contribution >= 0.6 is 0 Å². The van der Waals surface area contributed by atoms with Crippen LogP contribution in [0.25, 0.3) is 0 Å². The number of nitrogens with zero attached hydrogens (tertiary/aromatic N) is 3.